The Bertz CT molecular complexity index is 1280. The van der Waals surface area contributed by atoms with Gasteiger partial charge in [0.15, 0.2) is 0 Å². The predicted octanol–water partition coefficient (Wildman–Crippen LogP) is 6.86. The number of aromatic carboxylic acids is 1. The number of carboxylic acids is 1. The number of nitro groups is 1. The number of nitro benzene ring substituents is 1. The van der Waals surface area contributed by atoms with Crippen LogP contribution in [-0.4, -0.2) is 22.2 Å². The third-order valence-electron chi connectivity index (χ3n) is 4.53. The molecular formula is C22H14Br2F3N3O5. The molecule has 8 nitrogen and oxygen atoms in total. The molecule has 0 bridgehead atoms. The Hall–Kier alpha value is -3.45. The lowest BCUT2D eigenvalue weighted by molar-refractivity contribution is -0.384. The number of hydrogen-bond acceptors (Lipinski definition) is 6. The van der Waals surface area contributed by atoms with Crippen LogP contribution in [0.2, 0.25) is 0 Å². The molecule has 182 valence electrons. The Labute approximate surface area is 212 Å². The van der Waals surface area contributed by atoms with E-state index in [0.29, 0.717) is 26.3 Å². The molecule has 3 aromatic carbocycles. The van der Waals surface area contributed by atoms with Gasteiger partial charge in [0.1, 0.15) is 18.0 Å². The second-order valence-corrected chi connectivity index (χ2v) is 8.67. The Morgan fingerprint density at radius 2 is 1.74 bits per heavy atom. The molecular weight excluding hydrogens is 603 g/mol. The first-order chi connectivity index (χ1) is 16.5. The van der Waals surface area contributed by atoms with Crippen LogP contribution in [0.3, 0.4) is 0 Å². The number of carbonyl (C=O) groups is 1. The molecule has 0 amide bonds. The molecule has 0 saturated heterocycles. The maximum atomic E-state index is 12.8. The van der Waals surface area contributed by atoms with E-state index in [1.807, 2.05) is 0 Å². The van der Waals surface area contributed by atoms with Crippen LogP contribution in [0.1, 0.15) is 27.0 Å². The number of benzene rings is 3. The Kier molecular flexibility index (Phi) is 8.12. The molecule has 0 fully saturated rings. The van der Waals surface area contributed by atoms with Gasteiger partial charge < -0.3 is 9.84 Å². The van der Waals surface area contributed by atoms with Crippen LogP contribution in [0.15, 0.2) is 68.6 Å². The van der Waals surface area contributed by atoms with Crippen LogP contribution in [0.4, 0.5) is 24.5 Å². The summed E-state index contributed by atoms with van der Waals surface area (Å²) in [4.78, 5) is 21.2. The highest BCUT2D eigenvalue weighted by molar-refractivity contribution is 9.11. The summed E-state index contributed by atoms with van der Waals surface area (Å²) in [6.07, 6.45) is -3.39. The van der Waals surface area contributed by atoms with Gasteiger partial charge in [-0.3, -0.25) is 15.5 Å². The second-order valence-electron chi connectivity index (χ2n) is 6.96. The van der Waals surface area contributed by atoms with Crippen LogP contribution < -0.4 is 10.2 Å². The molecule has 0 heterocycles. The van der Waals surface area contributed by atoms with E-state index >= 15 is 0 Å². The van der Waals surface area contributed by atoms with Gasteiger partial charge in [0.2, 0.25) is 0 Å². The van der Waals surface area contributed by atoms with Crippen molar-refractivity contribution in [3.8, 4) is 5.75 Å². The van der Waals surface area contributed by atoms with E-state index in [1.54, 1.807) is 24.3 Å². The van der Waals surface area contributed by atoms with Gasteiger partial charge in [-0.05, 0) is 79.4 Å². The third kappa shape index (κ3) is 6.79. The zero-order valence-corrected chi connectivity index (χ0v) is 20.5. The van der Waals surface area contributed by atoms with Gasteiger partial charge >= 0.3 is 12.1 Å². The van der Waals surface area contributed by atoms with Crippen molar-refractivity contribution in [3.05, 3.63) is 95.9 Å². The summed E-state index contributed by atoms with van der Waals surface area (Å²) < 4.78 is 45.4. The lowest BCUT2D eigenvalue weighted by Gasteiger charge is -2.11. The second kappa shape index (κ2) is 10.9. The molecule has 0 saturated carbocycles. The SMILES string of the molecule is O=C(O)c1ccc(COc2c(Br)cc(/C=N\Nc3ccc(C(F)(F)F)cc3[N+](=O)[O-])cc2Br)cc1. The normalized spacial score (nSPS) is 11.5. The Morgan fingerprint density at radius 1 is 1.11 bits per heavy atom. The van der Waals surface area contributed by atoms with E-state index in [-0.39, 0.29) is 17.9 Å². The summed E-state index contributed by atoms with van der Waals surface area (Å²) in [6.45, 7) is 0.170. The number of halogens is 5. The van der Waals surface area contributed by atoms with Gasteiger partial charge in [0, 0.05) is 6.07 Å². The van der Waals surface area contributed by atoms with Gasteiger partial charge in [-0.1, -0.05) is 12.1 Å². The van der Waals surface area contributed by atoms with Crippen LogP contribution in [0.25, 0.3) is 0 Å². The highest BCUT2D eigenvalue weighted by Crippen LogP contribution is 2.36. The standard InChI is InChI=1S/C22H14Br2F3N3O5/c23-16-7-13(8-17(24)20(16)35-11-12-1-3-14(4-2-12)21(31)32)10-28-29-18-6-5-15(22(25,26)27)9-19(18)30(33)34/h1-10,29H,11H2,(H,31,32)/b28-10-. The van der Waals surface area contributed by atoms with Gasteiger partial charge in [-0.15, -0.1) is 0 Å². The fourth-order valence-electron chi connectivity index (χ4n) is 2.82. The minimum atomic E-state index is -4.71. The number of nitrogens with zero attached hydrogens (tertiary/aromatic N) is 2. The number of hydrogen-bond donors (Lipinski definition) is 2. The summed E-state index contributed by atoms with van der Waals surface area (Å²) in [6, 6.07) is 11.6. The zero-order valence-electron chi connectivity index (χ0n) is 17.3. The van der Waals surface area contributed by atoms with Gasteiger partial charge in [-0.2, -0.15) is 18.3 Å². The van der Waals surface area contributed by atoms with Crippen molar-refractivity contribution in [2.24, 2.45) is 5.10 Å². The lowest BCUT2D eigenvalue weighted by atomic mass is 10.1. The summed E-state index contributed by atoms with van der Waals surface area (Å²) >= 11 is 6.77. The number of ether oxygens (including phenoxy) is 1. The van der Waals surface area contributed by atoms with E-state index in [9.17, 15) is 28.1 Å². The molecule has 0 atom stereocenters. The van der Waals surface area contributed by atoms with Crippen LogP contribution in [-0.2, 0) is 12.8 Å². The predicted molar refractivity (Wildman–Crippen MR) is 129 cm³/mol. The van der Waals surface area contributed by atoms with E-state index in [0.717, 1.165) is 17.7 Å². The Balaban J connectivity index is 1.71. The highest BCUT2D eigenvalue weighted by Gasteiger charge is 2.33. The molecule has 35 heavy (non-hydrogen) atoms. The minimum Gasteiger partial charge on any atom is -0.487 e. The minimum absolute atomic E-state index is 0.162. The molecule has 2 N–H and O–H groups in total. The van der Waals surface area contributed by atoms with E-state index in [2.05, 4.69) is 42.4 Å². The van der Waals surface area contributed by atoms with Crippen LogP contribution in [0, 0.1) is 10.1 Å². The molecule has 0 spiro atoms. The molecule has 0 unspecified atom stereocenters. The maximum absolute atomic E-state index is 12.8. The Morgan fingerprint density at radius 3 is 2.29 bits per heavy atom. The fraction of sp³-hybridized carbons (Fsp3) is 0.0909. The summed E-state index contributed by atoms with van der Waals surface area (Å²) in [7, 11) is 0. The largest absolute Gasteiger partial charge is 0.487 e. The number of nitrogens with one attached hydrogen (secondary N) is 1. The van der Waals surface area contributed by atoms with Crippen molar-refractivity contribution in [2.45, 2.75) is 12.8 Å². The number of hydrazone groups is 1. The first-order valence-corrected chi connectivity index (χ1v) is 11.1. The fourth-order valence-corrected chi connectivity index (χ4v) is 4.27. The van der Waals surface area contributed by atoms with Gasteiger partial charge in [0.25, 0.3) is 5.69 Å². The van der Waals surface area contributed by atoms with E-state index < -0.39 is 28.3 Å². The quantitative estimate of drug-likeness (QED) is 0.162. The summed E-state index contributed by atoms with van der Waals surface area (Å²) in [5.74, 6) is -0.557. The molecule has 0 aliphatic heterocycles. The van der Waals surface area contributed by atoms with E-state index in [4.69, 9.17) is 9.84 Å². The highest BCUT2D eigenvalue weighted by atomic mass is 79.9. The summed E-state index contributed by atoms with van der Waals surface area (Å²) in [5, 5.41) is 24.0. The molecule has 0 radical (unpaired) electrons. The van der Waals surface area contributed by atoms with Crippen LogP contribution in [0.5, 0.6) is 5.75 Å². The first-order valence-electron chi connectivity index (χ1n) is 9.54. The average Bonchev–Trinajstić information content (AvgIpc) is 2.78. The van der Waals surface area contributed by atoms with Gasteiger partial charge in [-0.25, -0.2) is 4.79 Å². The topological polar surface area (TPSA) is 114 Å². The van der Waals surface area contributed by atoms with Crippen molar-refractivity contribution >= 4 is 55.4 Å². The lowest BCUT2D eigenvalue weighted by Crippen LogP contribution is -2.06. The van der Waals surface area contributed by atoms with Gasteiger partial charge in [0.05, 0.1) is 31.2 Å². The molecule has 13 heteroatoms. The number of anilines is 1. The third-order valence-corrected chi connectivity index (χ3v) is 5.70. The molecule has 3 aromatic rings. The van der Waals surface area contributed by atoms with Crippen molar-refractivity contribution in [2.75, 3.05) is 5.43 Å². The molecule has 0 aliphatic rings. The summed E-state index contributed by atoms with van der Waals surface area (Å²) in [5.41, 5.74) is 1.74. The van der Waals surface area contributed by atoms with Crippen LogP contribution >= 0.6 is 31.9 Å². The van der Waals surface area contributed by atoms with E-state index in [1.165, 1.54) is 18.3 Å². The van der Waals surface area contributed by atoms with Crippen molar-refractivity contribution in [1.29, 1.82) is 0 Å². The number of alkyl halides is 3. The average molecular weight is 617 g/mol. The monoisotopic (exact) mass is 615 g/mol. The van der Waals surface area contributed by atoms with Crippen molar-refractivity contribution in [1.82, 2.24) is 0 Å². The number of carboxylic acid groups (broad SMARTS) is 1. The number of rotatable bonds is 8. The molecule has 0 aliphatic carbocycles. The van der Waals surface area contributed by atoms with Crippen molar-refractivity contribution < 1.29 is 32.7 Å². The molecule has 3 rings (SSSR count). The van der Waals surface area contributed by atoms with Crippen molar-refractivity contribution in [3.63, 3.8) is 0 Å². The molecule has 0 aromatic heterocycles. The first kappa shape index (κ1) is 26.2. The zero-order chi connectivity index (χ0) is 25.8. The smallest absolute Gasteiger partial charge is 0.416 e. The maximum Gasteiger partial charge on any atom is 0.416 e.